The van der Waals surface area contributed by atoms with Crippen molar-refractivity contribution in [2.45, 2.75) is 18.4 Å². The Hall–Kier alpha value is -2.12. The van der Waals surface area contributed by atoms with Gasteiger partial charge in [-0.1, -0.05) is 0 Å². The van der Waals surface area contributed by atoms with Gasteiger partial charge in [0, 0.05) is 5.56 Å². The van der Waals surface area contributed by atoms with Gasteiger partial charge in [0.25, 0.3) is 5.91 Å². The number of hydrogen-bond acceptors (Lipinski definition) is 4. The zero-order valence-corrected chi connectivity index (χ0v) is 11.6. The highest BCUT2D eigenvalue weighted by Crippen LogP contribution is 2.14. The zero-order valence-electron chi connectivity index (χ0n) is 10.8. The van der Waals surface area contributed by atoms with Crippen LogP contribution in [-0.4, -0.2) is 14.3 Å². The van der Waals surface area contributed by atoms with E-state index in [1.807, 2.05) is 0 Å². The second-order valence-electron chi connectivity index (χ2n) is 4.34. The molecule has 0 saturated heterocycles. The molecule has 0 aliphatic rings. The number of rotatable bonds is 4. The average molecular weight is 294 g/mol. The van der Waals surface area contributed by atoms with Gasteiger partial charge in [-0.15, -0.1) is 0 Å². The summed E-state index contributed by atoms with van der Waals surface area (Å²) in [6.07, 6.45) is 1.51. The van der Waals surface area contributed by atoms with Crippen molar-refractivity contribution in [3.63, 3.8) is 0 Å². The van der Waals surface area contributed by atoms with E-state index in [9.17, 15) is 13.2 Å². The van der Waals surface area contributed by atoms with Crippen LogP contribution in [0.15, 0.2) is 45.9 Å². The first-order valence-electron chi connectivity index (χ1n) is 5.81. The number of carbonyl (C=O) groups is 1. The summed E-state index contributed by atoms with van der Waals surface area (Å²) in [7, 11) is -3.84. The first-order valence-corrected chi connectivity index (χ1v) is 7.36. The first kappa shape index (κ1) is 14.3. The predicted molar refractivity (Wildman–Crippen MR) is 72.4 cm³/mol. The zero-order chi connectivity index (χ0) is 14.8. The minimum Gasteiger partial charge on any atom is -0.467 e. The molecule has 0 bridgehead atoms. The van der Waals surface area contributed by atoms with Crippen molar-refractivity contribution < 1.29 is 17.6 Å². The Balaban J connectivity index is 2.19. The molecule has 0 atom stereocenters. The number of aryl methyl sites for hydroxylation is 1. The van der Waals surface area contributed by atoms with Gasteiger partial charge in [0.15, 0.2) is 0 Å². The Morgan fingerprint density at radius 1 is 1.35 bits per heavy atom. The molecule has 1 aromatic carbocycles. The number of sulfonamides is 1. The number of nitrogens with one attached hydrogen (secondary N) is 1. The van der Waals surface area contributed by atoms with Gasteiger partial charge in [-0.3, -0.25) is 4.79 Å². The molecule has 20 heavy (non-hydrogen) atoms. The average Bonchev–Trinajstić information content (AvgIpc) is 2.87. The van der Waals surface area contributed by atoms with E-state index >= 15 is 0 Å². The van der Waals surface area contributed by atoms with Crippen LogP contribution in [0.1, 0.15) is 21.7 Å². The van der Waals surface area contributed by atoms with E-state index in [4.69, 9.17) is 9.56 Å². The van der Waals surface area contributed by atoms with Gasteiger partial charge in [0.1, 0.15) is 5.76 Å². The van der Waals surface area contributed by atoms with Gasteiger partial charge < -0.3 is 9.73 Å². The standard InChI is InChI=1S/C13H14N2O4S/c1-9-5-10(7-12(6-9)20(14,17)18)13(16)15-8-11-3-2-4-19-11/h2-7H,8H2,1H3,(H,15,16)(H2,14,17,18). The van der Waals surface area contributed by atoms with Gasteiger partial charge in [0.05, 0.1) is 17.7 Å². The quantitative estimate of drug-likeness (QED) is 0.883. The molecule has 0 aliphatic carbocycles. The van der Waals surface area contributed by atoms with Gasteiger partial charge in [-0.25, -0.2) is 13.6 Å². The van der Waals surface area contributed by atoms with Crippen LogP contribution in [0, 0.1) is 6.92 Å². The first-order chi connectivity index (χ1) is 9.36. The molecule has 1 aromatic heterocycles. The van der Waals surface area contributed by atoms with Crippen LogP contribution in [0.4, 0.5) is 0 Å². The molecule has 106 valence electrons. The van der Waals surface area contributed by atoms with Gasteiger partial charge >= 0.3 is 0 Å². The number of amides is 1. The van der Waals surface area contributed by atoms with Gasteiger partial charge in [0.2, 0.25) is 10.0 Å². The number of carbonyl (C=O) groups excluding carboxylic acids is 1. The van der Waals surface area contributed by atoms with Crippen LogP contribution in [0.3, 0.4) is 0 Å². The van der Waals surface area contributed by atoms with Crippen LogP contribution in [-0.2, 0) is 16.6 Å². The topological polar surface area (TPSA) is 102 Å². The minimum absolute atomic E-state index is 0.0827. The van der Waals surface area contributed by atoms with Crippen molar-refractivity contribution in [3.8, 4) is 0 Å². The molecular formula is C13H14N2O4S. The summed E-state index contributed by atoms with van der Waals surface area (Å²) < 4.78 is 27.8. The molecular weight excluding hydrogens is 280 g/mol. The van der Waals surface area contributed by atoms with Crippen LogP contribution in [0.25, 0.3) is 0 Å². The normalized spacial score (nSPS) is 11.3. The Bertz CT molecular complexity index is 721. The molecule has 1 heterocycles. The van der Waals surface area contributed by atoms with Crippen LogP contribution in [0.2, 0.25) is 0 Å². The Kier molecular flexibility index (Phi) is 3.91. The van der Waals surface area contributed by atoms with E-state index in [0.717, 1.165) is 0 Å². The molecule has 0 radical (unpaired) electrons. The fraction of sp³-hybridized carbons (Fsp3) is 0.154. The maximum absolute atomic E-state index is 12.0. The lowest BCUT2D eigenvalue weighted by atomic mass is 10.1. The van der Waals surface area contributed by atoms with Crippen LogP contribution < -0.4 is 10.5 Å². The molecule has 0 spiro atoms. The maximum atomic E-state index is 12.0. The molecule has 0 saturated carbocycles. The highest BCUT2D eigenvalue weighted by atomic mass is 32.2. The van der Waals surface area contributed by atoms with E-state index in [2.05, 4.69) is 5.32 Å². The monoisotopic (exact) mass is 294 g/mol. The number of hydrogen-bond donors (Lipinski definition) is 2. The number of primary sulfonamides is 1. The van der Waals surface area contributed by atoms with E-state index in [1.54, 1.807) is 25.1 Å². The van der Waals surface area contributed by atoms with Crippen molar-refractivity contribution in [1.82, 2.24) is 5.32 Å². The molecule has 1 amide bonds. The lowest BCUT2D eigenvalue weighted by molar-refractivity contribution is 0.0947. The smallest absolute Gasteiger partial charge is 0.251 e. The molecule has 0 fully saturated rings. The number of furan rings is 1. The summed E-state index contributed by atoms with van der Waals surface area (Å²) in [5.41, 5.74) is 0.875. The third-order valence-electron chi connectivity index (χ3n) is 2.64. The van der Waals surface area contributed by atoms with Crippen LogP contribution in [0.5, 0.6) is 0 Å². The lowest BCUT2D eigenvalue weighted by Crippen LogP contribution is -2.23. The second-order valence-corrected chi connectivity index (χ2v) is 5.90. The van der Waals surface area contributed by atoms with Crippen molar-refractivity contribution in [3.05, 3.63) is 53.5 Å². The highest BCUT2D eigenvalue weighted by molar-refractivity contribution is 7.89. The number of nitrogens with two attached hydrogens (primary N) is 1. The van der Waals surface area contributed by atoms with Crippen molar-refractivity contribution in [2.24, 2.45) is 5.14 Å². The van der Waals surface area contributed by atoms with E-state index in [0.29, 0.717) is 11.3 Å². The molecule has 7 heteroatoms. The number of benzene rings is 1. The van der Waals surface area contributed by atoms with E-state index < -0.39 is 15.9 Å². The molecule has 3 N–H and O–H groups in total. The molecule has 6 nitrogen and oxygen atoms in total. The minimum atomic E-state index is -3.84. The van der Waals surface area contributed by atoms with Crippen LogP contribution >= 0.6 is 0 Å². The largest absolute Gasteiger partial charge is 0.467 e. The van der Waals surface area contributed by atoms with Crippen molar-refractivity contribution >= 4 is 15.9 Å². The van der Waals surface area contributed by atoms with Gasteiger partial charge in [-0.05, 0) is 42.8 Å². The Morgan fingerprint density at radius 3 is 2.70 bits per heavy atom. The summed E-state index contributed by atoms with van der Waals surface area (Å²) in [6, 6.07) is 7.70. The highest BCUT2D eigenvalue weighted by Gasteiger charge is 2.13. The molecule has 2 rings (SSSR count). The van der Waals surface area contributed by atoms with E-state index in [1.165, 1.54) is 18.4 Å². The Morgan fingerprint density at radius 2 is 2.10 bits per heavy atom. The fourth-order valence-corrected chi connectivity index (χ4v) is 2.37. The maximum Gasteiger partial charge on any atom is 0.251 e. The van der Waals surface area contributed by atoms with Crippen molar-refractivity contribution in [2.75, 3.05) is 0 Å². The second kappa shape index (κ2) is 5.48. The summed E-state index contributed by atoms with van der Waals surface area (Å²) >= 11 is 0. The molecule has 0 unspecified atom stereocenters. The lowest BCUT2D eigenvalue weighted by Gasteiger charge is -2.07. The van der Waals surface area contributed by atoms with E-state index in [-0.39, 0.29) is 17.0 Å². The predicted octanol–water partition coefficient (Wildman–Crippen LogP) is 1.17. The summed E-state index contributed by atoms with van der Waals surface area (Å²) in [6.45, 7) is 1.92. The summed E-state index contributed by atoms with van der Waals surface area (Å²) in [4.78, 5) is 11.9. The molecule has 2 aromatic rings. The molecule has 0 aliphatic heterocycles. The summed E-state index contributed by atoms with van der Waals surface area (Å²) in [5, 5.41) is 7.71. The third-order valence-corrected chi connectivity index (χ3v) is 3.54. The van der Waals surface area contributed by atoms with Crippen molar-refractivity contribution in [1.29, 1.82) is 0 Å². The Labute approximate surface area is 116 Å². The fourth-order valence-electron chi connectivity index (χ4n) is 1.73. The SMILES string of the molecule is Cc1cc(C(=O)NCc2ccco2)cc(S(N)(=O)=O)c1. The third kappa shape index (κ3) is 3.46. The summed E-state index contributed by atoms with van der Waals surface area (Å²) in [5.74, 6) is 0.215. The van der Waals surface area contributed by atoms with Gasteiger partial charge in [-0.2, -0.15) is 0 Å².